The van der Waals surface area contributed by atoms with Crippen molar-refractivity contribution in [2.45, 2.75) is 18.1 Å². The summed E-state index contributed by atoms with van der Waals surface area (Å²) in [5.74, 6) is -0.349. The first kappa shape index (κ1) is 21.4. The van der Waals surface area contributed by atoms with Gasteiger partial charge in [-0.15, -0.1) is 0 Å². The van der Waals surface area contributed by atoms with Gasteiger partial charge < -0.3 is 10.1 Å². The SMILES string of the molecule is COCCCN1C(=O)C(CC(=O)Nc2cccc(Cl)c2)SC1=Nc1ccccc1. The van der Waals surface area contributed by atoms with Gasteiger partial charge in [-0.1, -0.05) is 47.6 Å². The molecule has 0 radical (unpaired) electrons. The number of anilines is 1. The molecular formula is C21H22ClN3O3S. The van der Waals surface area contributed by atoms with Gasteiger partial charge in [0.15, 0.2) is 5.17 Å². The van der Waals surface area contributed by atoms with Crippen LogP contribution in [0.4, 0.5) is 11.4 Å². The maximum absolute atomic E-state index is 12.9. The Balaban J connectivity index is 1.71. The van der Waals surface area contributed by atoms with Gasteiger partial charge in [0, 0.05) is 37.4 Å². The lowest BCUT2D eigenvalue weighted by molar-refractivity contribution is -0.128. The molecule has 0 bridgehead atoms. The summed E-state index contributed by atoms with van der Waals surface area (Å²) in [6.07, 6.45) is 0.753. The zero-order valence-electron chi connectivity index (χ0n) is 16.0. The van der Waals surface area contributed by atoms with Crippen LogP contribution in [0.15, 0.2) is 59.6 Å². The molecule has 1 heterocycles. The van der Waals surface area contributed by atoms with E-state index in [4.69, 9.17) is 16.3 Å². The van der Waals surface area contributed by atoms with Crippen molar-refractivity contribution in [3.8, 4) is 0 Å². The van der Waals surface area contributed by atoms with Gasteiger partial charge in [0.2, 0.25) is 11.8 Å². The van der Waals surface area contributed by atoms with Crippen LogP contribution in [0.5, 0.6) is 0 Å². The number of thioether (sulfide) groups is 1. The van der Waals surface area contributed by atoms with Crippen LogP contribution >= 0.6 is 23.4 Å². The smallest absolute Gasteiger partial charge is 0.242 e. The fraction of sp³-hybridized carbons (Fsp3) is 0.286. The van der Waals surface area contributed by atoms with Crippen molar-refractivity contribution in [3.63, 3.8) is 0 Å². The van der Waals surface area contributed by atoms with Gasteiger partial charge >= 0.3 is 0 Å². The van der Waals surface area contributed by atoms with E-state index in [1.165, 1.54) is 11.8 Å². The Labute approximate surface area is 179 Å². The molecule has 6 nitrogen and oxygen atoms in total. The van der Waals surface area contributed by atoms with Crippen LogP contribution in [-0.2, 0) is 14.3 Å². The Bertz CT molecular complexity index is 892. The third kappa shape index (κ3) is 6.06. The number of amidine groups is 1. The molecule has 0 aromatic heterocycles. The zero-order chi connectivity index (χ0) is 20.6. The van der Waals surface area contributed by atoms with E-state index >= 15 is 0 Å². The van der Waals surface area contributed by atoms with Gasteiger partial charge in [-0.2, -0.15) is 0 Å². The first-order chi connectivity index (χ1) is 14.1. The van der Waals surface area contributed by atoms with Crippen molar-refractivity contribution < 1.29 is 14.3 Å². The summed E-state index contributed by atoms with van der Waals surface area (Å²) in [6.45, 7) is 1.05. The second-order valence-electron chi connectivity index (χ2n) is 6.44. The minimum absolute atomic E-state index is 0.0601. The van der Waals surface area contributed by atoms with Crippen LogP contribution in [0.3, 0.4) is 0 Å². The summed E-state index contributed by atoms with van der Waals surface area (Å²) >= 11 is 7.28. The minimum Gasteiger partial charge on any atom is -0.385 e. The van der Waals surface area contributed by atoms with Crippen molar-refractivity contribution >= 4 is 51.7 Å². The predicted octanol–water partition coefficient (Wildman–Crippen LogP) is 4.34. The average Bonchev–Trinajstić information content (AvgIpc) is 2.97. The molecule has 1 atom stereocenters. The van der Waals surface area contributed by atoms with E-state index in [1.54, 1.807) is 36.3 Å². The van der Waals surface area contributed by atoms with Crippen LogP contribution in [-0.4, -0.2) is 47.4 Å². The highest BCUT2D eigenvalue weighted by Gasteiger charge is 2.38. The van der Waals surface area contributed by atoms with Gasteiger partial charge in [0.05, 0.1) is 5.69 Å². The fourth-order valence-electron chi connectivity index (χ4n) is 2.86. The molecule has 1 N–H and O–H groups in total. The highest BCUT2D eigenvalue weighted by atomic mass is 35.5. The van der Waals surface area contributed by atoms with Gasteiger partial charge in [-0.3, -0.25) is 14.5 Å². The van der Waals surface area contributed by atoms with Crippen molar-refractivity contribution in [3.05, 3.63) is 59.6 Å². The normalized spacial score (nSPS) is 17.7. The van der Waals surface area contributed by atoms with Crippen LogP contribution in [0.2, 0.25) is 5.02 Å². The molecule has 0 aliphatic carbocycles. The molecule has 2 aromatic rings. The average molecular weight is 432 g/mol. The molecule has 29 heavy (non-hydrogen) atoms. The number of methoxy groups -OCH3 is 1. The second-order valence-corrected chi connectivity index (χ2v) is 8.04. The van der Waals surface area contributed by atoms with Crippen LogP contribution in [0.1, 0.15) is 12.8 Å². The lowest BCUT2D eigenvalue weighted by Gasteiger charge is -2.16. The number of benzene rings is 2. The van der Waals surface area contributed by atoms with Gasteiger partial charge in [-0.05, 0) is 36.8 Å². The summed E-state index contributed by atoms with van der Waals surface area (Å²) < 4.78 is 5.10. The molecule has 1 saturated heterocycles. The Morgan fingerprint density at radius 2 is 2.03 bits per heavy atom. The number of halogens is 1. The van der Waals surface area contributed by atoms with E-state index in [1.807, 2.05) is 30.3 Å². The van der Waals surface area contributed by atoms with Crippen LogP contribution in [0, 0.1) is 0 Å². The Morgan fingerprint density at radius 1 is 1.24 bits per heavy atom. The van der Waals surface area contributed by atoms with Crippen molar-refractivity contribution in [2.75, 3.05) is 25.6 Å². The third-order valence-corrected chi connectivity index (χ3v) is 5.62. The summed E-state index contributed by atoms with van der Waals surface area (Å²) in [4.78, 5) is 31.6. The highest BCUT2D eigenvalue weighted by molar-refractivity contribution is 8.15. The first-order valence-electron chi connectivity index (χ1n) is 9.23. The van der Waals surface area contributed by atoms with E-state index < -0.39 is 5.25 Å². The monoisotopic (exact) mass is 431 g/mol. The lowest BCUT2D eigenvalue weighted by Crippen LogP contribution is -2.34. The molecule has 0 saturated carbocycles. The highest BCUT2D eigenvalue weighted by Crippen LogP contribution is 2.32. The topological polar surface area (TPSA) is 71.0 Å². The fourth-order valence-corrected chi connectivity index (χ4v) is 4.23. The molecule has 2 amide bonds. The lowest BCUT2D eigenvalue weighted by atomic mass is 10.2. The van der Waals surface area contributed by atoms with Crippen LogP contribution in [0.25, 0.3) is 0 Å². The summed E-state index contributed by atoms with van der Waals surface area (Å²) in [5, 5.41) is 3.43. The molecule has 152 valence electrons. The quantitative estimate of drug-likeness (QED) is 0.631. The van der Waals surface area contributed by atoms with E-state index in [0.717, 1.165) is 5.69 Å². The van der Waals surface area contributed by atoms with E-state index in [0.29, 0.717) is 35.5 Å². The Morgan fingerprint density at radius 3 is 2.76 bits per heavy atom. The molecule has 1 aliphatic rings. The van der Waals surface area contributed by atoms with Crippen LogP contribution < -0.4 is 5.32 Å². The Kier molecular flexibility index (Phi) is 7.69. The molecule has 3 rings (SSSR count). The van der Waals surface area contributed by atoms with Crippen molar-refractivity contribution in [1.82, 2.24) is 4.90 Å². The molecule has 1 aliphatic heterocycles. The van der Waals surface area contributed by atoms with Gasteiger partial charge in [0.25, 0.3) is 0 Å². The van der Waals surface area contributed by atoms with Gasteiger partial charge in [-0.25, -0.2) is 4.99 Å². The number of carbonyl (C=O) groups is 2. The minimum atomic E-state index is -0.515. The van der Waals surface area contributed by atoms with E-state index in [2.05, 4.69) is 10.3 Å². The number of amides is 2. The number of nitrogens with zero attached hydrogens (tertiary/aromatic N) is 2. The largest absolute Gasteiger partial charge is 0.385 e. The number of carbonyl (C=O) groups excluding carboxylic acids is 2. The second kappa shape index (κ2) is 10.4. The standard InChI is InChI=1S/C21H22ClN3O3S/c1-28-12-6-11-25-20(27)18(29-21(25)24-16-8-3-2-4-9-16)14-19(26)23-17-10-5-7-15(22)13-17/h2-5,7-10,13,18H,6,11-12,14H2,1H3,(H,23,26). The van der Waals surface area contributed by atoms with E-state index in [9.17, 15) is 9.59 Å². The number of nitrogens with one attached hydrogen (secondary N) is 1. The number of ether oxygens (including phenoxy) is 1. The molecule has 0 spiro atoms. The maximum atomic E-state index is 12.9. The number of para-hydroxylation sites is 1. The maximum Gasteiger partial charge on any atom is 0.242 e. The molecule has 1 unspecified atom stereocenters. The third-order valence-electron chi connectivity index (χ3n) is 4.21. The number of rotatable bonds is 8. The summed E-state index contributed by atoms with van der Waals surface area (Å²) in [6, 6.07) is 16.4. The Hall–Kier alpha value is -2.35. The summed E-state index contributed by atoms with van der Waals surface area (Å²) in [7, 11) is 1.63. The number of hydrogen-bond donors (Lipinski definition) is 1. The number of aliphatic imine (C=N–C) groups is 1. The molecular weight excluding hydrogens is 410 g/mol. The van der Waals surface area contributed by atoms with Crippen molar-refractivity contribution in [2.24, 2.45) is 4.99 Å². The molecule has 1 fully saturated rings. The molecule has 8 heteroatoms. The van der Waals surface area contributed by atoms with Crippen molar-refractivity contribution in [1.29, 1.82) is 0 Å². The van der Waals surface area contributed by atoms with E-state index in [-0.39, 0.29) is 18.2 Å². The zero-order valence-corrected chi connectivity index (χ0v) is 17.6. The predicted molar refractivity (Wildman–Crippen MR) is 118 cm³/mol. The number of hydrogen-bond acceptors (Lipinski definition) is 5. The van der Waals surface area contributed by atoms with Gasteiger partial charge in [0.1, 0.15) is 5.25 Å². The summed E-state index contributed by atoms with van der Waals surface area (Å²) in [5.41, 5.74) is 1.37. The molecule has 2 aromatic carbocycles. The first-order valence-corrected chi connectivity index (χ1v) is 10.5.